The van der Waals surface area contributed by atoms with Crippen LogP contribution in [0.2, 0.25) is 0 Å². The van der Waals surface area contributed by atoms with Crippen molar-refractivity contribution in [3.63, 3.8) is 0 Å². The van der Waals surface area contributed by atoms with Crippen molar-refractivity contribution in [1.82, 2.24) is 0 Å². The third kappa shape index (κ3) is 0.578. The maximum Gasteiger partial charge on any atom is 0.0772 e. The number of fused-ring (bicyclic) bond motifs is 1. The number of aliphatic hydroxyl groups is 1. The van der Waals surface area contributed by atoms with Gasteiger partial charge in [0.05, 0.1) is 11.0 Å². The number of halogens is 1. The first kappa shape index (κ1) is 6.68. The second-order valence-corrected chi connectivity index (χ2v) is 4.26. The molecule has 2 heteroatoms. The van der Waals surface area contributed by atoms with E-state index in [9.17, 15) is 5.11 Å². The lowest BCUT2D eigenvalue weighted by atomic mass is 9.64. The van der Waals surface area contributed by atoms with E-state index in [2.05, 4.69) is 12.2 Å². The smallest absolute Gasteiger partial charge is 0.0772 e. The molecule has 4 atom stereocenters. The Morgan fingerprint density at radius 2 is 2.40 bits per heavy atom. The Morgan fingerprint density at radius 3 is 3.00 bits per heavy atom. The van der Waals surface area contributed by atoms with Gasteiger partial charge in [-0.3, -0.25) is 0 Å². The van der Waals surface area contributed by atoms with E-state index < -0.39 is 0 Å². The van der Waals surface area contributed by atoms with E-state index in [4.69, 9.17) is 11.6 Å². The van der Waals surface area contributed by atoms with Gasteiger partial charge in [-0.05, 0) is 19.3 Å². The zero-order chi connectivity index (χ0) is 7.35. The summed E-state index contributed by atoms with van der Waals surface area (Å²) in [4.78, 5) is -0.377. The third-order valence-corrected chi connectivity index (χ3v) is 3.32. The molecule has 0 aromatic rings. The molecular formula is C8H11ClO. The standard InChI is InChI=1S/C8H11ClO/c1-8(9)6-4-2-3-5(6)7(8)10/h2,4-7,10H,3H2,1H3/t5-,6+,7-,8-/m0/s1. The highest BCUT2D eigenvalue weighted by Crippen LogP contribution is 2.53. The fourth-order valence-corrected chi connectivity index (χ4v) is 2.50. The van der Waals surface area contributed by atoms with Crippen LogP contribution in [0.1, 0.15) is 13.3 Å². The summed E-state index contributed by atoms with van der Waals surface area (Å²) in [5, 5.41) is 9.47. The van der Waals surface area contributed by atoms with Gasteiger partial charge in [-0.15, -0.1) is 11.6 Å². The lowest BCUT2D eigenvalue weighted by molar-refractivity contribution is -0.0443. The summed E-state index contributed by atoms with van der Waals surface area (Å²) in [6.45, 7) is 1.91. The summed E-state index contributed by atoms with van der Waals surface area (Å²) >= 11 is 6.05. The van der Waals surface area contributed by atoms with E-state index >= 15 is 0 Å². The van der Waals surface area contributed by atoms with Crippen LogP contribution in [0.25, 0.3) is 0 Å². The molecule has 56 valence electrons. The minimum atomic E-state index is -0.377. The van der Waals surface area contributed by atoms with E-state index in [0.717, 1.165) is 6.42 Å². The fourth-order valence-electron chi connectivity index (χ4n) is 2.10. The van der Waals surface area contributed by atoms with Crippen LogP contribution in [0, 0.1) is 11.8 Å². The molecule has 0 aliphatic heterocycles. The number of aliphatic hydroxyl groups excluding tert-OH is 1. The van der Waals surface area contributed by atoms with Gasteiger partial charge in [0.1, 0.15) is 0 Å². The summed E-state index contributed by atoms with van der Waals surface area (Å²) < 4.78 is 0. The molecule has 0 spiro atoms. The Morgan fingerprint density at radius 1 is 1.70 bits per heavy atom. The SMILES string of the molecule is C[C@]1(Cl)[C@@H]2C=CC[C@@H]2[C@@H]1O. The zero-order valence-corrected chi connectivity index (χ0v) is 6.67. The predicted molar refractivity (Wildman–Crippen MR) is 41.0 cm³/mol. The van der Waals surface area contributed by atoms with Gasteiger partial charge in [0.15, 0.2) is 0 Å². The highest BCUT2D eigenvalue weighted by molar-refractivity contribution is 6.25. The Labute approximate surface area is 65.7 Å². The molecule has 0 amide bonds. The van der Waals surface area contributed by atoms with Gasteiger partial charge >= 0.3 is 0 Å². The summed E-state index contributed by atoms with van der Waals surface area (Å²) in [7, 11) is 0. The molecule has 0 aromatic carbocycles. The summed E-state index contributed by atoms with van der Waals surface area (Å²) in [5.74, 6) is 0.840. The molecular weight excluding hydrogens is 148 g/mol. The molecule has 10 heavy (non-hydrogen) atoms. The van der Waals surface area contributed by atoms with E-state index in [-0.39, 0.29) is 11.0 Å². The van der Waals surface area contributed by atoms with Crippen molar-refractivity contribution in [3.8, 4) is 0 Å². The average Bonchev–Trinajstić information content (AvgIpc) is 2.31. The molecule has 2 aliphatic rings. The van der Waals surface area contributed by atoms with Crippen molar-refractivity contribution in [3.05, 3.63) is 12.2 Å². The van der Waals surface area contributed by atoms with Crippen LogP contribution in [0.3, 0.4) is 0 Å². The fraction of sp³-hybridized carbons (Fsp3) is 0.750. The number of alkyl halides is 1. The molecule has 0 unspecified atom stereocenters. The van der Waals surface area contributed by atoms with Gasteiger partial charge in [-0.2, -0.15) is 0 Å². The Kier molecular flexibility index (Phi) is 1.19. The minimum Gasteiger partial charge on any atom is -0.391 e. The van der Waals surface area contributed by atoms with Gasteiger partial charge < -0.3 is 5.11 Å². The van der Waals surface area contributed by atoms with E-state index in [1.807, 2.05) is 6.92 Å². The largest absolute Gasteiger partial charge is 0.391 e. The molecule has 1 nitrogen and oxygen atoms in total. The van der Waals surface area contributed by atoms with Crippen molar-refractivity contribution in [2.24, 2.45) is 11.8 Å². The van der Waals surface area contributed by atoms with Gasteiger partial charge in [-0.1, -0.05) is 12.2 Å². The topological polar surface area (TPSA) is 20.2 Å². The molecule has 2 rings (SSSR count). The van der Waals surface area contributed by atoms with Crippen LogP contribution in [0.15, 0.2) is 12.2 Å². The maximum absolute atomic E-state index is 9.47. The van der Waals surface area contributed by atoms with E-state index in [1.165, 1.54) is 0 Å². The third-order valence-electron chi connectivity index (χ3n) is 2.85. The van der Waals surface area contributed by atoms with E-state index in [1.54, 1.807) is 0 Å². The van der Waals surface area contributed by atoms with Crippen LogP contribution < -0.4 is 0 Å². The normalized spacial score (nSPS) is 58.1. The molecule has 2 aliphatic carbocycles. The summed E-state index contributed by atoms with van der Waals surface area (Å²) in [5.41, 5.74) is 0. The van der Waals surface area contributed by atoms with E-state index in [0.29, 0.717) is 11.8 Å². The monoisotopic (exact) mass is 158 g/mol. The van der Waals surface area contributed by atoms with Gasteiger partial charge in [0, 0.05) is 5.92 Å². The lowest BCUT2D eigenvalue weighted by Crippen LogP contribution is -2.58. The Bertz CT molecular complexity index is 186. The van der Waals surface area contributed by atoms with Crippen LogP contribution in [0.5, 0.6) is 0 Å². The summed E-state index contributed by atoms with van der Waals surface area (Å²) in [6, 6.07) is 0. The molecule has 0 aromatic heterocycles. The zero-order valence-electron chi connectivity index (χ0n) is 5.92. The number of hydrogen-bond acceptors (Lipinski definition) is 1. The Balaban J connectivity index is 2.21. The molecule has 1 N–H and O–H groups in total. The average molecular weight is 159 g/mol. The molecule has 1 saturated carbocycles. The molecule has 0 saturated heterocycles. The second-order valence-electron chi connectivity index (χ2n) is 3.45. The predicted octanol–water partition coefficient (Wildman–Crippen LogP) is 1.55. The quantitative estimate of drug-likeness (QED) is 0.419. The van der Waals surface area contributed by atoms with Gasteiger partial charge in [0.25, 0.3) is 0 Å². The van der Waals surface area contributed by atoms with Crippen molar-refractivity contribution in [2.45, 2.75) is 24.3 Å². The number of allylic oxidation sites excluding steroid dienone is 2. The van der Waals surface area contributed by atoms with Crippen molar-refractivity contribution < 1.29 is 5.11 Å². The van der Waals surface area contributed by atoms with Crippen molar-refractivity contribution >= 4 is 11.6 Å². The van der Waals surface area contributed by atoms with Crippen LogP contribution >= 0.6 is 11.6 Å². The minimum absolute atomic E-state index is 0.297. The number of rotatable bonds is 0. The molecule has 1 fully saturated rings. The van der Waals surface area contributed by atoms with Crippen LogP contribution in [-0.4, -0.2) is 16.1 Å². The van der Waals surface area contributed by atoms with Gasteiger partial charge in [-0.25, -0.2) is 0 Å². The Hall–Kier alpha value is -0.0100. The summed E-state index contributed by atoms with van der Waals surface area (Å²) in [6.07, 6.45) is 4.96. The van der Waals surface area contributed by atoms with Crippen LogP contribution in [0.4, 0.5) is 0 Å². The molecule has 0 radical (unpaired) electrons. The first-order valence-corrected chi connectivity index (χ1v) is 4.05. The maximum atomic E-state index is 9.47. The molecule has 0 heterocycles. The first-order chi connectivity index (χ1) is 4.64. The lowest BCUT2D eigenvalue weighted by Gasteiger charge is -2.50. The second kappa shape index (κ2) is 1.77. The highest BCUT2D eigenvalue weighted by atomic mass is 35.5. The van der Waals surface area contributed by atoms with Crippen molar-refractivity contribution in [2.75, 3.05) is 0 Å². The van der Waals surface area contributed by atoms with Crippen LogP contribution in [-0.2, 0) is 0 Å². The molecule has 0 bridgehead atoms. The first-order valence-electron chi connectivity index (χ1n) is 3.67. The van der Waals surface area contributed by atoms with Crippen molar-refractivity contribution in [1.29, 1.82) is 0 Å². The van der Waals surface area contributed by atoms with Gasteiger partial charge in [0.2, 0.25) is 0 Å². The number of hydrogen-bond donors (Lipinski definition) is 1. The highest BCUT2D eigenvalue weighted by Gasteiger charge is 2.57.